The maximum atomic E-state index is 12.2. The topological polar surface area (TPSA) is 97.5 Å². The molecule has 0 aromatic carbocycles. The number of sulfonamides is 2. The first-order valence-electron chi connectivity index (χ1n) is 5.13. The molecular formula is C9H12N2O4S3. The molecular weight excluding hydrogens is 296 g/mol. The van der Waals surface area contributed by atoms with E-state index in [2.05, 4.69) is 0 Å². The summed E-state index contributed by atoms with van der Waals surface area (Å²) in [6, 6.07) is 1.28. The zero-order valence-electron chi connectivity index (χ0n) is 9.53. The van der Waals surface area contributed by atoms with Crippen molar-refractivity contribution in [1.29, 1.82) is 0 Å². The average Bonchev–Trinajstić information content (AvgIpc) is 2.67. The minimum atomic E-state index is -3.88. The van der Waals surface area contributed by atoms with Crippen molar-refractivity contribution >= 4 is 37.5 Å². The van der Waals surface area contributed by atoms with Gasteiger partial charge in [0.15, 0.2) is 0 Å². The summed E-state index contributed by atoms with van der Waals surface area (Å²) in [7, 11) is -7.51. The van der Waals surface area contributed by atoms with Crippen molar-refractivity contribution in [3.05, 3.63) is 17.8 Å². The second-order valence-electron chi connectivity index (χ2n) is 3.78. The second kappa shape index (κ2) is 4.34. The van der Waals surface area contributed by atoms with Crippen molar-refractivity contribution in [2.75, 3.05) is 6.54 Å². The summed E-state index contributed by atoms with van der Waals surface area (Å²) in [6.07, 6.45) is 3.70. The van der Waals surface area contributed by atoms with Gasteiger partial charge < -0.3 is 0 Å². The number of hydrogen-bond acceptors (Lipinski definition) is 5. The van der Waals surface area contributed by atoms with Crippen LogP contribution in [0.15, 0.2) is 20.7 Å². The molecule has 2 rings (SSSR count). The molecule has 100 valence electrons. The molecule has 0 bridgehead atoms. The SMILES string of the molecule is CCCN1C=Cc2cc(S(N)(=O)=O)sc2S1(=O)=O. The number of nitrogens with zero attached hydrogens (tertiary/aromatic N) is 1. The van der Waals surface area contributed by atoms with E-state index < -0.39 is 20.0 Å². The molecule has 0 spiro atoms. The van der Waals surface area contributed by atoms with Crippen LogP contribution in [0.5, 0.6) is 0 Å². The van der Waals surface area contributed by atoms with Crippen LogP contribution in [0.2, 0.25) is 0 Å². The Labute approximate surface area is 110 Å². The molecule has 18 heavy (non-hydrogen) atoms. The van der Waals surface area contributed by atoms with Crippen molar-refractivity contribution in [1.82, 2.24) is 4.31 Å². The van der Waals surface area contributed by atoms with Crippen molar-refractivity contribution in [3.8, 4) is 0 Å². The van der Waals surface area contributed by atoms with E-state index in [0.717, 1.165) is 0 Å². The Morgan fingerprint density at radius 2 is 2.11 bits per heavy atom. The summed E-state index contributed by atoms with van der Waals surface area (Å²) in [5.74, 6) is 0. The molecule has 0 radical (unpaired) electrons. The molecule has 1 aromatic rings. The average molecular weight is 308 g/mol. The zero-order chi connectivity index (χ0) is 13.6. The first-order chi connectivity index (χ1) is 8.26. The molecule has 0 saturated heterocycles. The quantitative estimate of drug-likeness (QED) is 0.892. The summed E-state index contributed by atoms with van der Waals surface area (Å²) in [4.78, 5) is 0. The lowest BCUT2D eigenvalue weighted by molar-refractivity contribution is 0.496. The van der Waals surface area contributed by atoms with Crippen LogP contribution in [0, 0.1) is 0 Å². The zero-order valence-corrected chi connectivity index (χ0v) is 12.0. The predicted octanol–water partition coefficient (Wildman–Crippen LogP) is 0.781. The van der Waals surface area contributed by atoms with Crippen molar-refractivity contribution in [2.45, 2.75) is 21.8 Å². The molecule has 2 heterocycles. The lowest BCUT2D eigenvalue weighted by Gasteiger charge is -2.22. The standard InChI is InChI=1S/C9H12N2O4S3/c1-2-4-11-5-3-7-6-8(17(10,12)13)16-9(7)18(11,14)15/h3,5-6H,2,4H2,1H3,(H2,10,12,13). The van der Waals surface area contributed by atoms with E-state index >= 15 is 0 Å². The van der Waals surface area contributed by atoms with Crippen LogP contribution in [0.4, 0.5) is 0 Å². The predicted molar refractivity (Wildman–Crippen MR) is 68.9 cm³/mol. The van der Waals surface area contributed by atoms with Crippen LogP contribution in [0.1, 0.15) is 18.9 Å². The molecule has 1 aliphatic heterocycles. The van der Waals surface area contributed by atoms with Gasteiger partial charge in [0.25, 0.3) is 10.0 Å². The first-order valence-corrected chi connectivity index (χ1v) is 8.94. The Balaban J connectivity index is 2.58. The third kappa shape index (κ3) is 2.18. The summed E-state index contributed by atoms with van der Waals surface area (Å²) in [6.45, 7) is 2.23. The molecule has 1 aliphatic rings. The summed E-state index contributed by atoms with van der Waals surface area (Å²) in [5, 5.41) is 5.00. The molecule has 0 fully saturated rings. The molecule has 0 aliphatic carbocycles. The van der Waals surface area contributed by atoms with E-state index in [4.69, 9.17) is 5.14 Å². The van der Waals surface area contributed by atoms with Crippen LogP contribution in [0.25, 0.3) is 6.08 Å². The van der Waals surface area contributed by atoms with Gasteiger partial charge in [-0.05, 0) is 18.6 Å². The third-order valence-electron chi connectivity index (χ3n) is 2.39. The van der Waals surface area contributed by atoms with Gasteiger partial charge in [0.05, 0.1) is 0 Å². The van der Waals surface area contributed by atoms with Crippen LogP contribution < -0.4 is 5.14 Å². The Kier molecular flexibility index (Phi) is 3.26. The number of fused-ring (bicyclic) bond motifs is 1. The van der Waals surface area contributed by atoms with E-state index in [1.165, 1.54) is 16.6 Å². The Morgan fingerprint density at radius 3 is 2.67 bits per heavy atom. The van der Waals surface area contributed by atoms with Gasteiger partial charge in [-0.1, -0.05) is 6.92 Å². The van der Waals surface area contributed by atoms with Gasteiger partial charge in [-0.2, -0.15) is 0 Å². The van der Waals surface area contributed by atoms with E-state index in [1.807, 2.05) is 6.92 Å². The van der Waals surface area contributed by atoms with Crippen LogP contribution in [-0.2, 0) is 20.0 Å². The molecule has 0 unspecified atom stereocenters. The highest BCUT2D eigenvalue weighted by Gasteiger charge is 2.31. The van der Waals surface area contributed by atoms with Crippen molar-refractivity contribution in [3.63, 3.8) is 0 Å². The number of rotatable bonds is 3. The second-order valence-corrected chi connectivity index (χ2v) is 8.71. The highest BCUT2D eigenvalue weighted by molar-refractivity contribution is 7.94. The van der Waals surface area contributed by atoms with E-state index in [1.54, 1.807) is 6.08 Å². The molecule has 9 heteroatoms. The van der Waals surface area contributed by atoms with Gasteiger partial charge in [0.1, 0.15) is 8.42 Å². The van der Waals surface area contributed by atoms with Gasteiger partial charge >= 0.3 is 0 Å². The molecule has 0 amide bonds. The Hall–Kier alpha value is -0.900. The van der Waals surface area contributed by atoms with Crippen LogP contribution in [0.3, 0.4) is 0 Å². The minimum absolute atomic E-state index is 0.0301. The van der Waals surface area contributed by atoms with Crippen molar-refractivity contribution in [2.24, 2.45) is 5.14 Å². The van der Waals surface area contributed by atoms with Gasteiger partial charge in [-0.15, -0.1) is 11.3 Å². The Morgan fingerprint density at radius 1 is 1.44 bits per heavy atom. The van der Waals surface area contributed by atoms with E-state index in [0.29, 0.717) is 29.9 Å². The number of primary sulfonamides is 1. The first kappa shape index (κ1) is 13.5. The summed E-state index contributed by atoms with van der Waals surface area (Å²) >= 11 is 0.685. The van der Waals surface area contributed by atoms with Crippen molar-refractivity contribution < 1.29 is 16.8 Å². The smallest absolute Gasteiger partial charge is 0.273 e. The maximum Gasteiger partial charge on any atom is 0.273 e. The van der Waals surface area contributed by atoms with E-state index in [-0.39, 0.29) is 8.42 Å². The largest absolute Gasteiger partial charge is 0.273 e. The number of thiophene rings is 1. The molecule has 1 aromatic heterocycles. The van der Waals surface area contributed by atoms with Crippen LogP contribution >= 0.6 is 11.3 Å². The molecule has 0 atom stereocenters. The fourth-order valence-corrected chi connectivity index (χ4v) is 5.63. The van der Waals surface area contributed by atoms with Gasteiger partial charge in [-0.25, -0.2) is 22.0 Å². The normalized spacial score (nSPS) is 17.8. The lowest BCUT2D eigenvalue weighted by Crippen LogP contribution is -2.28. The molecule has 6 nitrogen and oxygen atoms in total. The lowest BCUT2D eigenvalue weighted by atomic mass is 10.3. The highest BCUT2D eigenvalue weighted by Crippen LogP contribution is 2.35. The highest BCUT2D eigenvalue weighted by atomic mass is 32.3. The van der Waals surface area contributed by atoms with Crippen LogP contribution in [-0.4, -0.2) is 27.7 Å². The van der Waals surface area contributed by atoms with Gasteiger partial charge in [0.2, 0.25) is 10.0 Å². The molecule has 0 saturated carbocycles. The Bertz CT molecular complexity index is 700. The van der Waals surface area contributed by atoms with Gasteiger partial charge in [0, 0.05) is 18.3 Å². The summed E-state index contributed by atoms with van der Waals surface area (Å²) in [5.41, 5.74) is 0.372. The van der Waals surface area contributed by atoms with Gasteiger partial charge in [-0.3, -0.25) is 4.31 Å². The monoisotopic (exact) mass is 308 g/mol. The number of hydrogen-bond donors (Lipinski definition) is 1. The fraction of sp³-hybridized carbons (Fsp3) is 0.333. The minimum Gasteiger partial charge on any atom is -0.273 e. The third-order valence-corrected chi connectivity index (χ3v) is 7.26. The number of nitrogens with two attached hydrogens (primary N) is 1. The summed E-state index contributed by atoms with van der Waals surface area (Å²) < 4.78 is 47.9. The fourth-order valence-electron chi connectivity index (χ4n) is 1.59. The van der Waals surface area contributed by atoms with E-state index in [9.17, 15) is 16.8 Å². The molecule has 2 N–H and O–H groups in total. The maximum absolute atomic E-state index is 12.2.